The number of ether oxygens (including phenoxy) is 1. The van der Waals surface area contributed by atoms with Crippen molar-refractivity contribution in [3.63, 3.8) is 0 Å². The lowest BCUT2D eigenvalue weighted by Crippen LogP contribution is -2.35. The number of nitrogens with zero attached hydrogens (tertiary/aromatic N) is 2. The highest BCUT2D eigenvalue weighted by molar-refractivity contribution is 7.89. The quantitative estimate of drug-likeness (QED) is 0.591. The van der Waals surface area contributed by atoms with E-state index in [9.17, 15) is 13.2 Å². The number of sulfonamides is 1. The summed E-state index contributed by atoms with van der Waals surface area (Å²) in [4.78, 5) is 17.7. The SMILES string of the molecule is COc1ccc(S(=O)(=O)N2CCc3nc(NC(=O)NCc4ccccc4)sc3C2)cc1. The van der Waals surface area contributed by atoms with E-state index in [1.54, 1.807) is 24.3 Å². The van der Waals surface area contributed by atoms with Crippen molar-refractivity contribution in [1.29, 1.82) is 0 Å². The zero-order valence-electron chi connectivity index (χ0n) is 16.9. The Labute approximate surface area is 184 Å². The van der Waals surface area contributed by atoms with Crippen molar-refractivity contribution in [2.45, 2.75) is 24.4 Å². The van der Waals surface area contributed by atoms with E-state index in [2.05, 4.69) is 15.6 Å². The molecule has 0 unspecified atom stereocenters. The summed E-state index contributed by atoms with van der Waals surface area (Å²) >= 11 is 1.30. The number of nitrogens with one attached hydrogen (secondary N) is 2. The van der Waals surface area contributed by atoms with Crippen LogP contribution in [-0.2, 0) is 29.5 Å². The largest absolute Gasteiger partial charge is 0.497 e. The average molecular weight is 459 g/mol. The molecular formula is C21H22N4O4S2. The minimum Gasteiger partial charge on any atom is -0.497 e. The second kappa shape index (κ2) is 9.04. The van der Waals surface area contributed by atoms with Gasteiger partial charge >= 0.3 is 6.03 Å². The maximum atomic E-state index is 13.0. The van der Waals surface area contributed by atoms with Crippen molar-refractivity contribution in [1.82, 2.24) is 14.6 Å². The molecule has 2 amide bonds. The minimum absolute atomic E-state index is 0.222. The number of urea groups is 1. The van der Waals surface area contributed by atoms with E-state index in [1.165, 1.54) is 22.8 Å². The van der Waals surface area contributed by atoms with E-state index in [0.29, 0.717) is 30.4 Å². The smallest absolute Gasteiger partial charge is 0.321 e. The van der Waals surface area contributed by atoms with Crippen molar-refractivity contribution in [2.75, 3.05) is 19.0 Å². The number of hydrogen-bond acceptors (Lipinski definition) is 6. The molecule has 0 saturated carbocycles. The Hall–Kier alpha value is -2.95. The number of carbonyl (C=O) groups is 1. The molecule has 2 heterocycles. The van der Waals surface area contributed by atoms with Crippen LogP contribution in [0.1, 0.15) is 16.1 Å². The van der Waals surface area contributed by atoms with E-state index in [1.807, 2.05) is 30.3 Å². The number of amides is 2. The van der Waals surface area contributed by atoms with Crippen LogP contribution in [0.25, 0.3) is 0 Å². The molecule has 2 N–H and O–H groups in total. The number of aromatic nitrogens is 1. The number of benzene rings is 2. The molecule has 0 fully saturated rings. The number of anilines is 1. The predicted molar refractivity (Wildman–Crippen MR) is 119 cm³/mol. The van der Waals surface area contributed by atoms with E-state index < -0.39 is 10.0 Å². The van der Waals surface area contributed by atoms with Gasteiger partial charge in [0.2, 0.25) is 10.0 Å². The van der Waals surface area contributed by atoms with Gasteiger partial charge in [-0.3, -0.25) is 5.32 Å². The Balaban J connectivity index is 1.40. The maximum Gasteiger partial charge on any atom is 0.321 e. The Morgan fingerprint density at radius 3 is 2.61 bits per heavy atom. The summed E-state index contributed by atoms with van der Waals surface area (Å²) in [5.41, 5.74) is 1.82. The summed E-state index contributed by atoms with van der Waals surface area (Å²) in [6.07, 6.45) is 0.495. The summed E-state index contributed by atoms with van der Waals surface area (Å²) < 4.78 is 32.5. The molecule has 31 heavy (non-hydrogen) atoms. The van der Waals surface area contributed by atoms with Crippen LogP contribution >= 0.6 is 11.3 Å². The summed E-state index contributed by atoms with van der Waals surface area (Å²) in [6.45, 7) is 0.977. The van der Waals surface area contributed by atoms with E-state index in [0.717, 1.165) is 16.1 Å². The fraction of sp³-hybridized carbons (Fsp3) is 0.238. The molecule has 1 aromatic heterocycles. The van der Waals surface area contributed by atoms with Crippen LogP contribution in [0, 0.1) is 0 Å². The molecule has 0 atom stereocenters. The van der Waals surface area contributed by atoms with Gasteiger partial charge in [0.15, 0.2) is 5.13 Å². The highest BCUT2D eigenvalue weighted by Crippen LogP contribution is 2.31. The van der Waals surface area contributed by atoms with E-state index >= 15 is 0 Å². The van der Waals surface area contributed by atoms with Crippen LogP contribution in [0.2, 0.25) is 0 Å². The number of carbonyl (C=O) groups excluding carboxylic acids is 1. The van der Waals surface area contributed by atoms with Gasteiger partial charge in [-0.15, -0.1) is 0 Å². The number of hydrogen-bond donors (Lipinski definition) is 2. The van der Waals surface area contributed by atoms with Gasteiger partial charge < -0.3 is 10.1 Å². The molecule has 10 heteroatoms. The molecule has 0 radical (unpaired) electrons. The van der Waals surface area contributed by atoms with Crippen LogP contribution in [0.5, 0.6) is 5.75 Å². The number of methoxy groups -OCH3 is 1. The molecule has 162 valence electrons. The molecule has 0 bridgehead atoms. The zero-order chi connectivity index (χ0) is 21.8. The normalized spacial score (nSPS) is 14.0. The first-order valence-electron chi connectivity index (χ1n) is 9.67. The van der Waals surface area contributed by atoms with Crippen LogP contribution in [0.3, 0.4) is 0 Å². The Kier molecular flexibility index (Phi) is 6.21. The van der Waals surface area contributed by atoms with Gasteiger partial charge in [0.25, 0.3) is 0 Å². The van der Waals surface area contributed by atoms with Crippen LogP contribution in [-0.4, -0.2) is 37.4 Å². The molecule has 3 aromatic rings. The lowest BCUT2D eigenvalue weighted by molar-refractivity contribution is 0.251. The number of rotatable bonds is 6. The second-order valence-electron chi connectivity index (χ2n) is 6.95. The van der Waals surface area contributed by atoms with Crippen molar-refractivity contribution in [3.8, 4) is 5.75 Å². The third-order valence-electron chi connectivity index (χ3n) is 4.91. The molecule has 0 saturated heterocycles. The van der Waals surface area contributed by atoms with Crippen LogP contribution < -0.4 is 15.4 Å². The van der Waals surface area contributed by atoms with E-state index in [-0.39, 0.29) is 17.5 Å². The molecule has 2 aromatic carbocycles. The first kappa shape index (κ1) is 21.3. The highest BCUT2D eigenvalue weighted by Gasteiger charge is 2.30. The lowest BCUT2D eigenvalue weighted by Gasteiger charge is -2.25. The second-order valence-corrected chi connectivity index (χ2v) is 9.97. The molecule has 4 rings (SSSR count). The highest BCUT2D eigenvalue weighted by atomic mass is 32.2. The topological polar surface area (TPSA) is 101 Å². The van der Waals surface area contributed by atoms with Crippen LogP contribution in [0.4, 0.5) is 9.93 Å². The van der Waals surface area contributed by atoms with Crippen molar-refractivity contribution < 1.29 is 17.9 Å². The first-order valence-corrected chi connectivity index (χ1v) is 11.9. The Bertz CT molecular complexity index is 1160. The summed E-state index contributed by atoms with van der Waals surface area (Å²) in [7, 11) is -2.09. The van der Waals surface area contributed by atoms with Crippen molar-refractivity contribution >= 4 is 32.5 Å². The third-order valence-corrected chi connectivity index (χ3v) is 7.77. The van der Waals surface area contributed by atoms with Gasteiger partial charge in [-0.2, -0.15) is 4.31 Å². The van der Waals surface area contributed by atoms with Gasteiger partial charge in [-0.25, -0.2) is 18.2 Å². The molecule has 0 spiro atoms. The molecule has 1 aliphatic rings. The first-order chi connectivity index (χ1) is 15.0. The summed E-state index contributed by atoms with van der Waals surface area (Å²) in [6, 6.07) is 15.6. The van der Waals surface area contributed by atoms with Gasteiger partial charge in [-0.1, -0.05) is 41.7 Å². The monoisotopic (exact) mass is 458 g/mol. The van der Waals surface area contributed by atoms with Gasteiger partial charge in [0.1, 0.15) is 5.75 Å². The van der Waals surface area contributed by atoms with Gasteiger partial charge in [0.05, 0.1) is 24.2 Å². The van der Waals surface area contributed by atoms with E-state index in [4.69, 9.17) is 4.74 Å². The molecule has 0 aliphatic carbocycles. The van der Waals surface area contributed by atoms with Crippen LogP contribution in [0.15, 0.2) is 59.5 Å². The number of fused-ring (bicyclic) bond motifs is 1. The summed E-state index contributed by atoms with van der Waals surface area (Å²) in [5.74, 6) is 0.601. The minimum atomic E-state index is -3.63. The Morgan fingerprint density at radius 2 is 1.90 bits per heavy atom. The summed E-state index contributed by atoms with van der Waals surface area (Å²) in [5, 5.41) is 5.99. The standard InChI is InChI=1S/C21H22N4O4S2/c1-29-16-7-9-17(10-8-16)31(27,28)25-12-11-18-19(14-25)30-21(23-18)24-20(26)22-13-15-5-3-2-4-6-15/h2-10H,11-14H2,1H3,(H2,22,23,24,26). The lowest BCUT2D eigenvalue weighted by atomic mass is 10.2. The zero-order valence-corrected chi connectivity index (χ0v) is 18.5. The predicted octanol–water partition coefficient (Wildman–Crippen LogP) is 3.22. The third kappa shape index (κ3) is 4.87. The fourth-order valence-corrected chi connectivity index (χ4v) is 5.76. The molecule has 1 aliphatic heterocycles. The average Bonchev–Trinajstić information content (AvgIpc) is 3.20. The molecular weight excluding hydrogens is 436 g/mol. The van der Waals surface area contributed by atoms with Gasteiger partial charge in [0, 0.05) is 24.4 Å². The van der Waals surface area contributed by atoms with Gasteiger partial charge in [-0.05, 0) is 29.8 Å². The molecule has 8 nitrogen and oxygen atoms in total. The van der Waals surface area contributed by atoms with Crippen molar-refractivity contribution in [2.24, 2.45) is 0 Å². The fourth-order valence-electron chi connectivity index (χ4n) is 3.25. The Morgan fingerprint density at radius 1 is 1.16 bits per heavy atom. The number of thiazole rings is 1. The maximum absolute atomic E-state index is 13.0. The van der Waals surface area contributed by atoms with Crippen molar-refractivity contribution in [3.05, 3.63) is 70.7 Å².